The van der Waals surface area contributed by atoms with Crippen LogP contribution in [-0.2, 0) is 4.79 Å². The van der Waals surface area contributed by atoms with Gasteiger partial charge in [-0.25, -0.2) is 0 Å². The Bertz CT molecular complexity index is 661. The third-order valence-corrected chi connectivity index (χ3v) is 4.33. The molecule has 3 rings (SSSR count). The van der Waals surface area contributed by atoms with E-state index in [4.69, 9.17) is 0 Å². The first-order valence-electron chi connectivity index (χ1n) is 7.45. The van der Waals surface area contributed by atoms with E-state index in [-0.39, 0.29) is 17.4 Å². The number of fused-ring (bicyclic) bond motifs is 1. The lowest BCUT2D eigenvalue weighted by molar-refractivity contribution is -0.121. The van der Waals surface area contributed by atoms with Gasteiger partial charge >= 0.3 is 0 Å². The Hall–Kier alpha value is -1.94. The number of piperidine rings is 1. The lowest BCUT2D eigenvalue weighted by Gasteiger charge is -2.38. The Kier molecular flexibility index (Phi) is 3.64. The van der Waals surface area contributed by atoms with Gasteiger partial charge in [-0.05, 0) is 36.9 Å². The zero-order valence-electron chi connectivity index (χ0n) is 12.5. The highest BCUT2D eigenvalue weighted by Crippen LogP contribution is 2.31. The molecule has 1 atom stereocenters. The summed E-state index contributed by atoms with van der Waals surface area (Å²) in [5.74, 6) is 0.0454. The third kappa shape index (κ3) is 2.76. The first kappa shape index (κ1) is 14.0. The van der Waals surface area contributed by atoms with Gasteiger partial charge in [-0.2, -0.15) is 0 Å². The summed E-state index contributed by atoms with van der Waals surface area (Å²) in [5, 5.41) is 8.49. The monoisotopic (exact) mass is 283 g/mol. The first-order valence-corrected chi connectivity index (χ1v) is 7.45. The van der Waals surface area contributed by atoms with Crippen LogP contribution in [0.4, 0.5) is 5.69 Å². The minimum Gasteiger partial charge on any atom is -0.324 e. The molecule has 110 valence electrons. The van der Waals surface area contributed by atoms with E-state index in [9.17, 15) is 4.79 Å². The first-order chi connectivity index (χ1) is 10.1. The zero-order valence-corrected chi connectivity index (χ0v) is 12.5. The van der Waals surface area contributed by atoms with Gasteiger partial charge in [-0.3, -0.25) is 9.78 Å². The van der Waals surface area contributed by atoms with Crippen molar-refractivity contribution in [2.45, 2.75) is 32.7 Å². The molecular weight excluding hydrogens is 262 g/mol. The van der Waals surface area contributed by atoms with Crippen LogP contribution in [0.2, 0.25) is 0 Å². The fraction of sp³-hybridized carbons (Fsp3) is 0.412. The van der Waals surface area contributed by atoms with E-state index >= 15 is 0 Å². The lowest BCUT2D eigenvalue weighted by Crippen LogP contribution is -2.53. The number of nitrogens with one attached hydrogen (secondary N) is 2. The van der Waals surface area contributed by atoms with Crippen LogP contribution in [0.15, 0.2) is 36.7 Å². The van der Waals surface area contributed by atoms with E-state index in [1.807, 2.05) is 30.5 Å². The second-order valence-corrected chi connectivity index (χ2v) is 6.37. The molecule has 0 spiro atoms. The molecule has 4 heteroatoms. The van der Waals surface area contributed by atoms with E-state index < -0.39 is 0 Å². The summed E-state index contributed by atoms with van der Waals surface area (Å²) >= 11 is 0. The van der Waals surface area contributed by atoms with E-state index in [1.165, 1.54) is 0 Å². The molecular formula is C17H21N3O. The van der Waals surface area contributed by atoms with E-state index in [0.29, 0.717) is 0 Å². The average molecular weight is 283 g/mol. The van der Waals surface area contributed by atoms with Crippen LogP contribution in [0.25, 0.3) is 10.8 Å². The molecule has 21 heavy (non-hydrogen) atoms. The Morgan fingerprint density at radius 3 is 3.05 bits per heavy atom. The second kappa shape index (κ2) is 5.45. The van der Waals surface area contributed by atoms with Crippen molar-refractivity contribution in [3.8, 4) is 0 Å². The maximum Gasteiger partial charge on any atom is 0.242 e. The maximum atomic E-state index is 12.6. The van der Waals surface area contributed by atoms with E-state index in [1.54, 1.807) is 6.20 Å². The van der Waals surface area contributed by atoms with Gasteiger partial charge in [0, 0.05) is 28.9 Å². The van der Waals surface area contributed by atoms with Gasteiger partial charge in [0.2, 0.25) is 5.91 Å². The van der Waals surface area contributed by atoms with Crippen molar-refractivity contribution >= 4 is 22.4 Å². The van der Waals surface area contributed by atoms with Crippen LogP contribution in [0.5, 0.6) is 0 Å². The van der Waals surface area contributed by atoms with E-state index in [2.05, 4.69) is 29.5 Å². The molecule has 1 saturated heterocycles. The fourth-order valence-electron chi connectivity index (χ4n) is 3.10. The SMILES string of the molecule is CC1(C)CCCNC1C(=O)Nc1cccc2cnccc12. The molecule has 0 saturated carbocycles. The highest BCUT2D eigenvalue weighted by molar-refractivity contribution is 6.03. The summed E-state index contributed by atoms with van der Waals surface area (Å²) in [6.45, 7) is 5.20. The van der Waals surface area contributed by atoms with Crippen molar-refractivity contribution in [1.82, 2.24) is 10.3 Å². The summed E-state index contributed by atoms with van der Waals surface area (Å²) < 4.78 is 0. The summed E-state index contributed by atoms with van der Waals surface area (Å²) in [5.41, 5.74) is 0.831. The van der Waals surface area contributed by atoms with Gasteiger partial charge in [0.25, 0.3) is 0 Å². The van der Waals surface area contributed by atoms with Crippen molar-refractivity contribution in [2.24, 2.45) is 5.41 Å². The van der Waals surface area contributed by atoms with Crippen molar-refractivity contribution in [3.05, 3.63) is 36.7 Å². The fourth-order valence-corrected chi connectivity index (χ4v) is 3.10. The number of carbonyl (C=O) groups excluding carboxylic acids is 1. The van der Waals surface area contributed by atoms with E-state index in [0.717, 1.165) is 35.8 Å². The smallest absolute Gasteiger partial charge is 0.242 e. The molecule has 1 aliphatic rings. The number of hydrogen-bond donors (Lipinski definition) is 2. The predicted octanol–water partition coefficient (Wildman–Crippen LogP) is 2.95. The van der Waals surface area contributed by atoms with Crippen LogP contribution in [0.3, 0.4) is 0 Å². The molecule has 0 radical (unpaired) electrons. The third-order valence-electron chi connectivity index (χ3n) is 4.33. The molecule has 2 aromatic rings. The highest BCUT2D eigenvalue weighted by Gasteiger charge is 2.37. The number of pyridine rings is 1. The predicted molar refractivity (Wildman–Crippen MR) is 85.2 cm³/mol. The van der Waals surface area contributed by atoms with Gasteiger partial charge < -0.3 is 10.6 Å². The molecule has 1 unspecified atom stereocenters. The van der Waals surface area contributed by atoms with Crippen molar-refractivity contribution in [1.29, 1.82) is 0 Å². The molecule has 4 nitrogen and oxygen atoms in total. The van der Waals surface area contributed by atoms with Gasteiger partial charge in [-0.1, -0.05) is 26.0 Å². The Balaban J connectivity index is 1.86. The Morgan fingerprint density at radius 2 is 2.24 bits per heavy atom. The van der Waals surface area contributed by atoms with Gasteiger partial charge in [0.1, 0.15) is 0 Å². The highest BCUT2D eigenvalue weighted by atomic mass is 16.2. The lowest BCUT2D eigenvalue weighted by atomic mass is 9.77. The number of rotatable bonds is 2. The summed E-state index contributed by atoms with van der Waals surface area (Å²) in [4.78, 5) is 16.8. The van der Waals surface area contributed by atoms with Crippen LogP contribution in [0.1, 0.15) is 26.7 Å². The van der Waals surface area contributed by atoms with Crippen LogP contribution in [0, 0.1) is 5.41 Å². The Morgan fingerprint density at radius 1 is 1.38 bits per heavy atom. The number of aromatic nitrogens is 1. The number of amides is 1. The molecule has 1 amide bonds. The molecule has 0 bridgehead atoms. The molecule has 1 aromatic carbocycles. The topological polar surface area (TPSA) is 54.0 Å². The summed E-state index contributed by atoms with van der Waals surface area (Å²) in [6, 6.07) is 7.67. The van der Waals surface area contributed by atoms with Crippen LogP contribution >= 0.6 is 0 Å². The second-order valence-electron chi connectivity index (χ2n) is 6.37. The quantitative estimate of drug-likeness (QED) is 0.891. The molecule has 1 aliphatic heterocycles. The molecule has 1 aromatic heterocycles. The largest absolute Gasteiger partial charge is 0.324 e. The number of benzene rings is 1. The number of carbonyl (C=O) groups is 1. The standard InChI is InChI=1S/C17H21N3O/c1-17(2)8-4-9-19-15(17)16(21)20-14-6-3-5-12-11-18-10-7-13(12)14/h3,5-7,10-11,15,19H,4,8-9H2,1-2H3,(H,20,21). The minimum absolute atomic E-state index is 0.0194. The average Bonchev–Trinajstić information content (AvgIpc) is 2.47. The van der Waals surface area contributed by atoms with Crippen molar-refractivity contribution < 1.29 is 4.79 Å². The van der Waals surface area contributed by atoms with Crippen molar-refractivity contribution in [3.63, 3.8) is 0 Å². The molecule has 2 N–H and O–H groups in total. The van der Waals surface area contributed by atoms with Crippen LogP contribution < -0.4 is 10.6 Å². The summed E-state index contributed by atoms with van der Waals surface area (Å²) in [6.07, 6.45) is 5.75. The van der Waals surface area contributed by atoms with Crippen LogP contribution in [-0.4, -0.2) is 23.5 Å². The van der Waals surface area contributed by atoms with Crippen molar-refractivity contribution in [2.75, 3.05) is 11.9 Å². The Labute approximate surface area is 125 Å². The summed E-state index contributed by atoms with van der Waals surface area (Å²) in [7, 11) is 0. The molecule has 1 fully saturated rings. The van der Waals surface area contributed by atoms with Gasteiger partial charge in [0.15, 0.2) is 0 Å². The number of nitrogens with zero attached hydrogens (tertiary/aromatic N) is 1. The number of hydrogen-bond acceptors (Lipinski definition) is 3. The van der Waals surface area contributed by atoms with Gasteiger partial charge in [-0.15, -0.1) is 0 Å². The normalized spacial score (nSPS) is 21.1. The van der Waals surface area contributed by atoms with Gasteiger partial charge in [0.05, 0.1) is 6.04 Å². The molecule has 0 aliphatic carbocycles. The number of anilines is 1. The zero-order chi connectivity index (χ0) is 14.9. The minimum atomic E-state index is -0.150. The maximum absolute atomic E-state index is 12.6. The molecule has 2 heterocycles.